The molecule has 3 fully saturated rings. The highest BCUT2D eigenvalue weighted by Crippen LogP contribution is 2.36. The minimum absolute atomic E-state index is 0.375. The number of carbonyl (C=O) groups is 1. The quantitative estimate of drug-likeness (QED) is 0.869. The molecule has 148 valence electrons. The van der Waals surface area contributed by atoms with Crippen LogP contribution in [0.4, 0.5) is 5.69 Å². The van der Waals surface area contributed by atoms with E-state index in [0.717, 1.165) is 56.9 Å². The van der Waals surface area contributed by atoms with Crippen molar-refractivity contribution in [1.29, 1.82) is 0 Å². The Kier molecular flexibility index (Phi) is 5.86. The third-order valence-electron chi connectivity index (χ3n) is 6.94. The van der Waals surface area contributed by atoms with Crippen molar-refractivity contribution >= 4 is 11.6 Å². The molecule has 0 spiro atoms. The summed E-state index contributed by atoms with van der Waals surface area (Å²) in [7, 11) is 1.73. The Balaban J connectivity index is 1.27. The van der Waals surface area contributed by atoms with Crippen molar-refractivity contribution in [2.45, 2.75) is 32.1 Å². The molecule has 3 aliphatic rings. The SMILES string of the molecule is COc1ccccc1N1CC[NH+](CC(=O)N2CC[C@@H]3CCCC[C@@H]3C2)CC1. The molecule has 1 aromatic rings. The van der Waals surface area contributed by atoms with Gasteiger partial charge < -0.3 is 19.4 Å². The molecular weight excluding hydrogens is 338 g/mol. The predicted molar refractivity (Wildman–Crippen MR) is 107 cm³/mol. The molecule has 0 radical (unpaired) electrons. The first kappa shape index (κ1) is 18.6. The standard InChI is InChI=1S/C22H33N3O2/c1-27-21-9-5-4-8-20(21)24-14-12-23(13-15-24)17-22(26)25-11-10-18-6-2-3-7-19(18)16-25/h4-5,8-9,18-19H,2-3,6-7,10-17H2,1H3/p+1/t18-,19+/m0/s1. The van der Waals surface area contributed by atoms with Gasteiger partial charge in [-0.3, -0.25) is 4.79 Å². The normalized spacial score (nSPS) is 26.6. The lowest BCUT2D eigenvalue weighted by molar-refractivity contribution is -0.892. The second kappa shape index (κ2) is 8.51. The van der Waals surface area contributed by atoms with E-state index in [1.54, 1.807) is 7.11 Å². The molecule has 1 saturated carbocycles. The molecule has 1 amide bonds. The zero-order valence-electron chi connectivity index (χ0n) is 16.7. The Morgan fingerprint density at radius 1 is 1.07 bits per heavy atom. The molecule has 2 aliphatic heterocycles. The third kappa shape index (κ3) is 4.23. The molecule has 5 heteroatoms. The van der Waals surface area contributed by atoms with E-state index in [2.05, 4.69) is 21.9 Å². The number of methoxy groups -OCH3 is 1. The predicted octanol–water partition coefficient (Wildman–Crippen LogP) is 1.44. The van der Waals surface area contributed by atoms with E-state index in [1.807, 2.05) is 12.1 Å². The average Bonchev–Trinajstić information content (AvgIpc) is 2.74. The summed E-state index contributed by atoms with van der Waals surface area (Å²) in [4.78, 5) is 18.9. The van der Waals surface area contributed by atoms with Crippen molar-refractivity contribution in [2.75, 3.05) is 57.8 Å². The van der Waals surface area contributed by atoms with E-state index >= 15 is 0 Å². The van der Waals surface area contributed by atoms with Gasteiger partial charge in [-0.1, -0.05) is 31.4 Å². The maximum Gasteiger partial charge on any atom is 0.277 e. The lowest BCUT2D eigenvalue weighted by Crippen LogP contribution is -3.16. The van der Waals surface area contributed by atoms with Crippen molar-refractivity contribution in [3.63, 3.8) is 0 Å². The van der Waals surface area contributed by atoms with Gasteiger partial charge in [0.15, 0.2) is 6.54 Å². The largest absolute Gasteiger partial charge is 0.495 e. The first-order chi connectivity index (χ1) is 13.2. The number of likely N-dealkylation sites (tertiary alicyclic amines) is 1. The molecule has 1 aromatic carbocycles. The summed E-state index contributed by atoms with van der Waals surface area (Å²) in [6.45, 7) is 6.66. The van der Waals surface area contributed by atoms with Gasteiger partial charge in [0.2, 0.25) is 0 Å². The zero-order chi connectivity index (χ0) is 18.6. The monoisotopic (exact) mass is 372 g/mol. The van der Waals surface area contributed by atoms with Crippen LogP contribution in [0.3, 0.4) is 0 Å². The Bertz CT molecular complexity index is 642. The Hall–Kier alpha value is -1.75. The number of benzene rings is 1. The number of ether oxygens (including phenoxy) is 1. The summed E-state index contributed by atoms with van der Waals surface area (Å²) in [6, 6.07) is 8.23. The van der Waals surface area contributed by atoms with E-state index in [4.69, 9.17) is 4.74 Å². The number of nitrogens with one attached hydrogen (secondary N) is 1. The molecule has 0 bridgehead atoms. The molecule has 1 aliphatic carbocycles. The number of hydrogen-bond acceptors (Lipinski definition) is 3. The second-order valence-electron chi connectivity index (χ2n) is 8.52. The van der Waals surface area contributed by atoms with Gasteiger partial charge in [-0.15, -0.1) is 0 Å². The van der Waals surface area contributed by atoms with E-state index in [0.29, 0.717) is 12.5 Å². The highest BCUT2D eigenvalue weighted by Gasteiger charge is 2.34. The van der Waals surface area contributed by atoms with Gasteiger partial charge >= 0.3 is 0 Å². The van der Waals surface area contributed by atoms with Crippen LogP contribution in [-0.2, 0) is 4.79 Å². The van der Waals surface area contributed by atoms with Crippen LogP contribution in [0.5, 0.6) is 5.75 Å². The molecule has 2 atom stereocenters. The Morgan fingerprint density at radius 2 is 1.81 bits per heavy atom. The molecule has 0 unspecified atom stereocenters. The minimum Gasteiger partial charge on any atom is -0.495 e. The topological polar surface area (TPSA) is 37.2 Å². The molecule has 4 rings (SSSR count). The summed E-state index contributed by atoms with van der Waals surface area (Å²) in [6.07, 6.45) is 6.71. The van der Waals surface area contributed by atoms with Crippen LogP contribution in [0.15, 0.2) is 24.3 Å². The van der Waals surface area contributed by atoms with Crippen LogP contribution in [0, 0.1) is 11.8 Å². The molecule has 2 saturated heterocycles. The molecule has 0 aromatic heterocycles. The first-order valence-electron chi connectivity index (χ1n) is 10.7. The summed E-state index contributed by atoms with van der Waals surface area (Å²) in [5.41, 5.74) is 1.17. The number of fused-ring (bicyclic) bond motifs is 1. The summed E-state index contributed by atoms with van der Waals surface area (Å²) < 4.78 is 5.50. The van der Waals surface area contributed by atoms with Crippen LogP contribution < -0.4 is 14.5 Å². The highest BCUT2D eigenvalue weighted by atomic mass is 16.5. The number of para-hydroxylation sites is 2. The number of piperazine rings is 1. The maximum atomic E-state index is 12.9. The maximum absolute atomic E-state index is 12.9. The second-order valence-corrected chi connectivity index (χ2v) is 8.52. The Labute approximate surface area is 163 Å². The van der Waals surface area contributed by atoms with Gasteiger partial charge in [0.1, 0.15) is 5.75 Å². The number of carbonyl (C=O) groups excluding carboxylic acids is 1. The number of piperidine rings is 1. The lowest BCUT2D eigenvalue weighted by atomic mass is 9.75. The van der Waals surface area contributed by atoms with Gasteiger partial charge in [0.05, 0.1) is 39.0 Å². The number of rotatable bonds is 4. The van der Waals surface area contributed by atoms with E-state index in [1.165, 1.54) is 42.7 Å². The fourth-order valence-electron chi connectivity index (χ4n) is 5.28. The molecule has 2 heterocycles. The summed E-state index contributed by atoms with van der Waals surface area (Å²) in [5, 5.41) is 0. The number of nitrogens with zero attached hydrogens (tertiary/aromatic N) is 2. The minimum atomic E-state index is 0.375. The van der Waals surface area contributed by atoms with Gasteiger partial charge in [-0.2, -0.15) is 0 Å². The van der Waals surface area contributed by atoms with Gasteiger partial charge in [0, 0.05) is 13.1 Å². The van der Waals surface area contributed by atoms with Crippen LogP contribution in [0.25, 0.3) is 0 Å². The van der Waals surface area contributed by atoms with Gasteiger partial charge in [0.25, 0.3) is 5.91 Å². The summed E-state index contributed by atoms with van der Waals surface area (Å²) in [5.74, 6) is 2.97. The number of hydrogen-bond donors (Lipinski definition) is 1. The van der Waals surface area contributed by atoms with Gasteiger partial charge in [-0.25, -0.2) is 0 Å². The van der Waals surface area contributed by atoms with Crippen molar-refractivity contribution in [3.8, 4) is 5.75 Å². The van der Waals surface area contributed by atoms with E-state index in [-0.39, 0.29) is 0 Å². The molecule has 27 heavy (non-hydrogen) atoms. The van der Waals surface area contributed by atoms with Crippen LogP contribution in [0.2, 0.25) is 0 Å². The van der Waals surface area contributed by atoms with Crippen LogP contribution in [-0.4, -0.2) is 63.7 Å². The first-order valence-corrected chi connectivity index (χ1v) is 10.7. The Morgan fingerprint density at radius 3 is 2.59 bits per heavy atom. The molecular formula is C22H34N3O2+. The number of quaternary nitrogens is 1. The van der Waals surface area contributed by atoms with E-state index < -0.39 is 0 Å². The van der Waals surface area contributed by atoms with Crippen molar-refractivity contribution in [3.05, 3.63) is 24.3 Å². The highest BCUT2D eigenvalue weighted by molar-refractivity contribution is 5.77. The van der Waals surface area contributed by atoms with Gasteiger partial charge in [-0.05, 0) is 36.8 Å². The zero-order valence-corrected chi connectivity index (χ0v) is 16.7. The number of anilines is 1. The fraction of sp³-hybridized carbons (Fsp3) is 0.682. The number of amides is 1. The van der Waals surface area contributed by atoms with E-state index in [9.17, 15) is 4.79 Å². The average molecular weight is 373 g/mol. The summed E-state index contributed by atoms with van der Waals surface area (Å²) >= 11 is 0. The van der Waals surface area contributed by atoms with Crippen molar-refractivity contribution in [2.24, 2.45) is 11.8 Å². The van der Waals surface area contributed by atoms with Crippen molar-refractivity contribution < 1.29 is 14.4 Å². The molecule has 1 N–H and O–H groups in total. The third-order valence-corrected chi connectivity index (χ3v) is 6.94. The lowest BCUT2D eigenvalue weighted by Gasteiger charge is -2.41. The van der Waals surface area contributed by atoms with Crippen LogP contribution >= 0.6 is 0 Å². The van der Waals surface area contributed by atoms with Crippen molar-refractivity contribution in [1.82, 2.24) is 4.90 Å². The fourth-order valence-corrected chi connectivity index (χ4v) is 5.28. The molecule has 5 nitrogen and oxygen atoms in total. The van der Waals surface area contributed by atoms with Crippen LogP contribution in [0.1, 0.15) is 32.1 Å². The smallest absolute Gasteiger partial charge is 0.277 e.